The zero-order valence-electron chi connectivity index (χ0n) is 13.0. The number of aromatic nitrogens is 3. The monoisotopic (exact) mass is 326 g/mol. The summed E-state index contributed by atoms with van der Waals surface area (Å²) >= 11 is 0. The molecule has 0 spiro atoms. The van der Waals surface area contributed by atoms with Crippen molar-refractivity contribution in [1.29, 1.82) is 0 Å². The van der Waals surface area contributed by atoms with E-state index in [1.54, 1.807) is 25.3 Å². The fourth-order valence-corrected chi connectivity index (χ4v) is 2.03. The molecule has 0 aromatic carbocycles. The Hall–Kier alpha value is -2.38. The molecule has 23 heavy (non-hydrogen) atoms. The predicted molar refractivity (Wildman–Crippen MR) is 78.7 cm³/mol. The lowest BCUT2D eigenvalue weighted by molar-refractivity contribution is -0.141. The molecule has 0 saturated carbocycles. The van der Waals surface area contributed by atoms with E-state index in [-0.39, 0.29) is 12.5 Å². The third kappa shape index (κ3) is 4.30. The van der Waals surface area contributed by atoms with Crippen LogP contribution in [0, 0.1) is 19.8 Å². The van der Waals surface area contributed by atoms with E-state index in [4.69, 9.17) is 0 Å². The number of hydrogen-bond donors (Lipinski definition) is 1. The van der Waals surface area contributed by atoms with Gasteiger partial charge in [-0.05, 0) is 37.6 Å². The van der Waals surface area contributed by atoms with Crippen molar-refractivity contribution < 1.29 is 18.0 Å². The van der Waals surface area contributed by atoms with Gasteiger partial charge in [-0.25, -0.2) is 4.98 Å². The molecule has 0 aliphatic rings. The minimum atomic E-state index is -4.49. The molecule has 1 atom stereocenters. The maximum Gasteiger partial charge on any atom is 0.435 e. The summed E-state index contributed by atoms with van der Waals surface area (Å²) in [4.78, 5) is 16.1. The Morgan fingerprint density at radius 3 is 2.61 bits per heavy atom. The Bertz CT molecular complexity index is 709. The lowest BCUT2D eigenvalue weighted by atomic mass is 10.1. The van der Waals surface area contributed by atoms with Crippen LogP contribution in [0.15, 0.2) is 24.4 Å². The second-order valence-electron chi connectivity index (χ2n) is 5.46. The molecule has 8 heteroatoms. The summed E-state index contributed by atoms with van der Waals surface area (Å²) in [6.45, 7) is 5.07. The number of anilines is 1. The molecule has 0 aliphatic carbocycles. The average molecular weight is 326 g/mol. The van der Waals surface area contributed by atoms with Crippen molar-refractivity contribution in [1.82, 2.24) is 14.8 Å². The van der Waals surface area contributed by atoms with Crippen LogP contribution in [0.5, 0.6) is 0 Å². The van der Waals surface area contributed by atoms with Gasteiger partial charge in [0, 0.05) is 11.9 Å². The first kappa shape index (κ1) is 17.0. The van der Waals surface area contributed by atoms with Crippen LogP contribution in [0.1, 0.15) is 23.9 Å². The van der Waals surface area contributed by atoms with Crippen molar-refractivity contribution in [3.05, 3.63) is 41.3 Å². The van der Waals surface area contributed by atoms with E-state index >= 15 is 0 Å². The predicted octanol–water partition coefficient (Wildman–Crippen LogP) is 3.19. The Labute approximate surface area is 131 Å². The molecular formula is C15H17F3N4O. The van der Waals surface area contributed by atoms with Crippen LogP contribution in [-0.4, -0.2) is 20.7 Å². The fraction of sp³-hybridized carbons (Fsp3) is 0.400. The normalized spacial score (nSPS) is 13.0. The van der Waals surface area contributed by atoms with Crippen molar-refractivity contribution >= 4 is 11.7 Å². The van der Waals surface area contributed by atoms with Crippen LogP contribution in [-0.2, 0) is 17.5 Å². The van der Waals surface area contributed by atoms with Crippen LogP contribution < -0.4 is 5.32 Å². The zero-order chi connectivity index (χ0) is 17.2. The minimum Gasteiger partial charge on any atom is -0.310 e. The molecule has 0 radical (unpaired) electrons. The number of pyridine rings is 1. The Balaban J connectivity index is 2.05. The number of aryl methyl sites for hydroxylation is 2. The Kier molecular flexibility index (Phi) is 4.72. The largest absolute Gasteiger partial charge is 0.435 e. The van der Waals surface area contributed by atoms with E-state index in [1.807, 2.05) is 6.92 Å². The summed E-state index contributed by atoms with van der Waals surface area (Å²) in [6, 6.07) is 4.48. The van der Waals surface area contributed by atoms with Crippen molar-refractivity contribution in [2.24, 2.45) is 5.92 Å². The van der Waals surface area contributed by atoms with E-state index in [2.05, 4.69) is 15.4 Å². The van der Waals surface area contributed by atoms with Crippen LogP contribution in [0.3, 0.4) is 0 Å². The molecule has 2 aromatic heterocycles. The highest BCUT2D eigenvalue weighted by Gasteiger charge is 2.34. The number of carbonyl (C=O) groups is 1. The number of amides is 1. The molecule has 1 N–H and O–H groups in total. The summed E-state index contributed by atoms with van der Waals surface area (Å²) in [5, 5.41) is 6.17. The van der Waals surface area contributed by atoms with Gasteiger partial charge >= 0.3 is 6.18 Å². The highest BCUT2D eigenvalue weighted by atomic mass is 19.4. The van der Waals surface area contributed by atoms with Crippen LogP contribution in [0.4, 0.5) is 19.0 Å². The molecule has 2 rings (SSSR count). The molecule has 0 bridgehead atoms. The van der Waals surface area contributed by atoms with Crippen LogP contribution >= 0.6 is 0 Å². The van der Waals surface area contributed by atoms with Gasteiger partial charge in [0.05, 0.1) is 12.5 Å². The van der Waals surface area contributed by atoms with E-state index in [1.165, 1.54) is 11.6 Å². The van der Waals surface area contributed by atoms with Gasteiger partial charge in [0.15, 0.2) is 5.69 Å². The van der Waals surface area contributed by atoms with Crippen molar-refractivity contribution in [3.63, 3.8) is 0 Å². The van der Waals surface area contributed by atoms with Gasteiger partial charge in [-0.15, -0.1) is 0 Å². The second-order valence-corrected chi connectivity index (χ2v) is 5.46. The maximum atomic E-state index is 12.6. The lowest BCUT2D eigenvalue weighted by Gasteiger charge is -2.13. The van der Waals surface area contributed by atoms with E-state index < -0.39 is 17.8 Å². The molecule has 0 saturated heterocycles. The first-order valence-corrected chi connectivity index (χ1v) is 7.02. The standard InChI is InChI=1S/C15H17F3N4O/c1-9-4-5-19-13(6-9)20-14(23)10(2)8-22-11(3)7-12(21-22)15(16,17)18/h4-7,10H,8H2,1-3H3,(H,19,20,23)/t10-/m1/s1. The number of alkyl halides is 3. The molecule has 2 heterocycles. The molecule has 0 fully saturated rings. The Morgan fingerprint density at radius 1 is 1.35 bits per heavy atom. The number of nitrogens with zero attached hydrogens (tertiary/aromatic N) is 3. The summed E-state index contributed by atoms with van der Waals surface area (Å²) < 4.78 is 39.1. The van der Waals surface area contributed by atoms with E-state index in [0.29, 0.717) is 11.5 Å². The smallest absolute Gasteiger partial charge is 0.310 e. The maximum absolute atomic E-state index is 12.6. The molecule has 5 nitrogen and oxygen atoms in total. The molecule has 0 unspecified atom stereocenters. The van der Waals surface area contributed by atoms with Gasteiger partial charge in [-0.2, -0.15) is 18.3 Å². The highest BCUT2D eigenvalue weighted by Crippen LogP contribution is 2.28. The SMILES string of the molecule is Cc1ccnc(NC(=O)[C@H](C)Cn2nc(C(F)(F)F)cc2C)c1. The summed E-state index contributed by atoms with van der Waals surface area (Å²) in [7, 11) is 0. The molecule has 1 amide bonds. The van der Waals surface area contributed by atoms with Gasteiger partial charge in [0.2, 0.25) is 5.91 Å². The van der Waals surface area contributed by atoms with Crippen molar-refractivity contribution in [2.45, 2.75) is 33.5 Å². The summed E-state index contributed by atoms with van der Waals surface area (Å²) in [5.41, 5.74) is 0.342. The fourth-order valence-electron chi connectivity index (χ4n) is 2.03. The van der Waals surface area contributed by atoms with Gasteiger partial charge < -0.3 is 5.32 Å². The number of hydrogen-bond acceptors (Lipinski definition) is 3. The third-order valence-electron chi connectivity index (χ3n) is 3.33. The topological polar surface area (TPSA) is 59.8 Å². The molecule has 0 aliphatic heterocycles. The quantitative estimate of drug-likeness (QED) is 0.939. The second kappa shape index (κ2) is 6.39. The third-order valence-corrected chi connectivity index (χ3v) is 3.33. The highest BCUT2D eigenvalue weighted by molar-refractivity contribution is 5.91. The number of nitrogens with one attached hydrogen (secondary N) is 1. The number of rotatable bonds is 4. The van der Waals surface area contributed by atoms with Crippen LogP contribution in [0.25, 0.3) is 0 Å². The van der Waals surface area contributed by atoms with Crippen molar-refractivity contribution in [3.8, 4) is 0 Å². The zero-order valence-corrected chi connectivity index (χ0v) is 13.0. The first-order chi connectivity index (χ1) is 10.7. The summed E-state index contributed by atoms with van der Waals surface area (Å²) in [6.07, 6.45) is -2.92. The lowest BCUT2D eigenvalue weighted by Crippen LogP contribution is -2.25. The number of carbonyl (C=O) groups excluding carboxylic acids is 1. The number of halogens is 3. The van der Waals surface area contributed by atoms with Gasteiger partial charge in [0.1, 0.15) is 5.82 Å². The van der Waals surface area contributed by atoms with E-state index in [9.17, 15) is 18.0 Å². The van der Waals surface area contributed by atoms with Gasteiger partial charge in [-0.3, -0.25) is 9.48 Å². The average Bonchev–Trinajstić information content (AvgIpc) is 2.80. The van der Waals surface area contributed by atoms with E-state index in [0.717, 1.165) is 11.6 Å². The molecule has 2 aromatic rings. The molecular weight excluding hydrogens is 309 g/mol. The summed E-state index contributed by atoms with van der Waals surface area (Å²) in [5.74, 6) is -0.474. The molecule has 124 valence electrons. The Morgan fingerprint density at radius 2 is 2.04 bits per heavy atom. The first-order valence-electron chi connectivity index (χ1n) is 7.02. The van der Waals surface area contributed by atoms with Gasteiger partial charge in [-0.1, -0.05) is 6.92 Å². The van der Waals surface area contributed by atoms with Crippen molar-refractivity contribution in [2.75, 3.05) is 5.32 Å². The van der Waals surface area contributed by atoms with Crippen LogP contribution in [0.2, 0.25) is 0 Å². The van der Waals surface area contributed by atoms with Gasteiger partial charge in [0.25, 0.3) is 0 Å². The minimum absolute atomic E-state index is 0.0551.